The first-order valence-corrected chi connectivity index (χ1v) is 10.8. The van der Waals surface area contributed by atoms with Crippen molar-refractivity contribution in [1.82, 2.24) is 0 Å². The van der Waals surface area contributed by atoms with Gasteiger partial charge in [-0.15, -0.1) is 0 Å². The molecule has 0 saturated carbocycles. The van der Waals surface area contributed by atoms with Gasteiger partial charge in [0.25, 0.3) is 0 Å². The molecule has 6 nitrogen and oxygen atoms in total. The van der Waals surface area contributed by atoms with E-state index in [2.05, 4.69) is 61.2 Å². The number of hydrogen-bond acceptors (Lipinski definition) is 5. The van der Waals surface area contributed by atoms with Crippen molar-refractivity contribution in [1.29, 1.82) is 0 Å². The third-order valence-corrected chi connectivity index (χ3v) is 6.01. The summed E-state index contributed by atoms with van der Waals surface area (Å²) in [7, 11) is 0. The van der Waals surface area contributed by atoms with Gasteiger partial charge in [0.1, 0.15) is 0 Å². The van der Waals surface area contributed by atoms with Gasteiger partial charge in [-0.1, -0.05) is 41.6 Å². The van der Waals surface area contributed by atoms with Gasteiger partial charge in [-0.05, 0) is 56.9 Å². The van der Waals surface area contributed by atoms with Gasteiger partial charge in [0.2, 0.25) is 0 Å². The van der Waals surface area contributed by atoms with Crippen LogP contribution in [-0.2, 0) is 9.59 Å². The predicted molar refractivity (Wildman–Crippen MR) is 118 cm³/mol. The van der Waals surface area contributed by atoms with Gasteiger partial charge in [0.05, 0.1) is 12.1 Å². The first-order valence-electron chi connectivity index (χ1n) is 9.99. The number of aliphatic hydroxyl groups excluding tert-OH is 1. The maximum absolute atomic E-state index is 9.72. The molecule has 3 rings (SSSR count). The van der Waals surface area contributed by atoms with E-state index in [1.807, 2.05) is 11.8 Å². The number of aliphatic hydroxyl groups is 1. The Morgan fingerprint density at radius 1 is 1.00 bits per heavy atom. The number of carbonyl (C=O) groups is 2. The zero-order valence-corrected chi connectivity index (χ0v) is 18.2. The van der Waals surface area contributed by atoms with E-state index in [0.29, 0.717) is 0 Å². The standard InChI is InChI=1S/C19H23NS.C4H6O5/c1-15-10-11-18(16(2)14-15)21-19-9-5-4-8-17(19)20-12-6-3-7-13-20;5-2(4(8)9)1-3(6)7/h4-5,8-11,14H,3,6-7,12-13H2,1-2H3;2,5H,1H2,(H,6,7)(H,8,9)/t;2-/m.0/s1. The van der Waals surface area contributed by atoms with E-state index in [9.17, 15) is 9.59 Å². The molecular weight excluding hydrogens is 402 g/mol. The van der Waals surface area contributed by atoms with E-state index < -0.39 is 24.5 Å². The van der Waals surface area contributed by atoms with Crippen LogP contribution >= 0.6 is 11.8 Å². The molecule has 0 radical (unpaired) electrons. The van der Waals surface area contributed by atoms with Crippen LogP contribution < -0.4 is 4.90 Å². The monoisotopic (exact) mass is 431 g/mol. The Kier molecular flexibility index (Phi) is 9.20. The topological polar surface area (TPSA) is 98.1 Å². The normalized spacial score (nSPS) is 14.4. The SMILES string of the molecule is Cc1ccc(Sc2ccccc2N2CCCCC2)c(C)c1.O=C(O)C[C@H](O)C(=O)O. The molecule has 2 aromatic rings. The van der Waals surface area contributed by atoms with Crippen molar-refractivity contribution in [3.8, 4) is 0 Å². The number of aryl methyl sites for hydroxylation is 2. The number of hydrogen-bond donors (Lipinski definition) is 3. The summed E-state index contributed by atoms with van der Waals surface area (Å²) < 4.78 is 0. The Morgan fingerprint density at radius 2 is 1.67 bits per heavy atom. The molecule has 0 unspecified atom stereocenters. The molecule has 162 valence electrons. The van der Waals surface area contributed by atoms with Crippen molar-refractivity contribution >= 4 is 29.4 Å². The average Bonchev–Trinajstić information content (AvgIpc) is 2.71. The summed E-state index contributed by atoms with van der Waals surface area (Å²) in [5, 5.41) is 24.1. The molecule has 1 aliphatic rings. The van der Waals surface area contributed by atoms with Crippen LogP contribution in [0.1, 0.15) is 36.8 Å². The lowest BCUT2D eigenvalue weighted by Crippen LogP contribution is -2.29. The Bertz CT molecular complexity index is 864. The number of carboxylic acid groups (broad SMARTS) is 2. The summed E-state index contributed by atoms with van der Waals surface area (Å²) in [6.07, 6.45) is 1.48. The lowest BCUT2D eigenvalue weighted by Gasteiger charge is -2.30. The van der Waals surface area contributed by atoms with Crippen molar-refractivity contribution in [2.24, 2.45) is 0 Å². The number of piperidine rings is 1. The second kappa shape index (κ2) is 11.6. The van der Waals surface area contributed by atoms with Crippen LogP contribution in [0.3, 0.4) is 0 Å². The van der Waals surface area contributed by atoms with Crippen LogP contribution in [0.2, 0.25) is 0 Å². The van der Waals surface area contributed by atoms with Gasteiger partial charge < -0.3 is 20.2 Å². The molecule has 1 aliphatic heterocycles. The Morgan fingerprint density at radius 3 is 2.23 bits per heavy atom. The Hall–Kier alpha value is -2.51. The van der Waals surface area contributed by atoms with Crippen LogP contribution in [0.5, 0.6) is 0 Å². The summed E-state index contributed by atoms with van der Waals surface area (Å²) >= 11 is 1.90. The van der Waals surface area contributed by atoms with Gasteiger partial charge in [0.15, 0.2) is 6.10 Å². The van der Waals surface area contributed by atoms with Crippen LogP contribution in [0.25, 0.3) is 0 Å². The molecule has 0 amide bonds. The van der Waals surface area contributed by atoms with E-state index >= 15 is 0 Å². The summed E-state index contributed by atoms with van der Waals surface area (Å²) in [5.41, 5.74) is 4.11. The van der Waals surface area contributed by atoms with Crippen LogP contribution in [0.15, 0.2) is 52.3 Å². The predicted octanol–water partition coefficient (Wildman–Crippen LogP) is 4.35. The number of para-hydroxylation sites is 1. The highest BCUT2D eigenvalue weighted by atomic mass is 32.2. The minimum atomic E-state index is -1.79. The second-order valence-corrected chi connectivity index (χ2v) is 8.42. The number of nitrogens with zero attached hydrogens (tertiary/aromatic N) is 1. The Balaban J connectivity index is 0.000000303. The zero-order chi connectivity index (χ0) is 22.1. The Labute approximate surface area is 181 Å². The highest BCUT2D eigenvalue weighted by Gasteiger charge is 2.16. The van der Waals surface area contributed by atoms with Gasteiger partial charge in [-0.25, -0.2) is 4.79 Å². The maximum Gasteiger partial charge on any atom is 0.333 e. The summed E-state index contributed by atoms with van der Waals surface area (Å²) in [4.78, 5) is 24.7. The molecule has 0 aliphatic carbocycles. The number of anilines is 1. The van der Waals surface area contributed by atoms with E-state index in [0.717, 1.165) is 0 Å². The molecule has 3 N–H and O–H groups in total. The highest BCUT2D eigenvalue weighted by molar-refractivity contribution is 7.99. The van der Waals surface area contributed by atoms with Crippen molar-refractivity contribution in [3.63, 3.8) is 0 Å². The molecule has 1 heterocycles. The van der Waals surface area contributed by atoms with Crippen molar-refractivity contribution in [2.45, 2.75) is 55.4 Å². The van der Waals surface area contributed by atoms with Gasteiger partial charge in [-0.2, -0.15) is 0 Å². The van der Waals surface area contributed by atoms with Crippen molar-refractivity contribution in [3.05, 3.63) is 53.6 Å². The molecular formula is C23H29NO5S. The van der Waals surface area contributed by atoms with Crippen LogP contribution in [0, 0.1) is 13.8 Å². The largest absolute Gasteiger partial charge is 0.481 e. The molecule has 2 aromatic carbocycles. The summed E-state index contributed by atoms with van der Waals surface area (Å²) in [6, 6.07) is 15.6. The third-order valence-electron chi connectivity index (χ3n) is 4.77. The smallest absolute Gasteiger partial charge is 0.333 e. The number of carboxylic acids is 2. The molecule has 0 spiro atoms. The second-order valence-electron chi connectivity index (χ2n) is 7.34. The highest BCUT2D eigenvalue weighted by Crippen LogP contribution is 2.37. The van der Waals surface area contributed by atoms with Crippen molar-refractivity contribution in [2.75, 3.05) is 18.0 Å². The van der Waals surface area contributed by atoms with Crippen molar-refractivity contribution < 1.29 is 24.9 Å². The first kappa shape index (κ1) is 23.8. The van der Waals surface area contributed by atoms with Crippen LogP contribution in [-0.4, -0.2) is 46.5 Å². The lowest BCUT2D eigenvalue weighted by atomic mass is 10.1. The fourth-order valence-electron chi connectivity index (χ4n) is 3.22. The molecule has 1 saturated heterocycles. The summed E-state index contributed by atoms with van der Waals surface area (Å²) in [6.45, 7) is 6.76. The van der Waals surface area contributed by atoms with E-state index in [4.69, 9.17) is 15.3 Å². The van der Waals surface area contributed by atoms with Gasteiger partial charge >= 0.3 is 11.9 Å². The number of rotatable bonds is 6. The molecule has 1 atom stereocenters. The molecule has 1 fully saturated rings. The minimum absolute atomic E-state index is 0.755. The number of benzene rings is 2. The molecule has 0 bridgehead atoms. The van der Waals surface area contributed by atoms with E-state index in [1.54, 1.807) is 0 Å². The van der Waals surface area contributed by atoms with Gasteiger partial charge in [-0.3, -0.25) is 4.79 Å². The minimum Gasteiger partial charge on any atom is -0.481 e. The van der Waals surface area contributed by atoms with E-state index in [-0.39, 0.29) is 0 Å². The fraction of sp³-hybridized carbons (Fsp3) is 0.391. The molecule has 7 heteroatoms. The lowest BCUT2D eigenvalue weighted by molar-refractivity contribution is -0.152. The fourth-order valence-corrected chi connectivity index (χ4v) is 4.27. The molecule has 30 heavy (non-hydrogen) atoms. The zero-order valence-electron chi connectivity index (χ0n) is 17.4. The van der Waals surface area contributed by atoms with Crippen LogP contribution in [0.4, 0.5) is 5.69 Å². The van der Waals surface area contributed by atoms with Gasteiger partial charge in [0, 0.05) is 22.9 Å². The number of aliphatic carboxylic acids is 2. The first-order chi connectivity index (χ1) is 14.3. The van der Waals surface area contributed by atoms with E-state index in [1.165, 1.54) is 59.0 Å². The molecule has 0 aromatic heterocycles. The maximum atomic E-state index is 9.72. The summed E-state index contributed by atoms with van der Waals surface area (Å²) in [5.74, 6) is -2.85. The quantitative estimate of drug-likeness (QED) is 0.625. The third kappa shape index (κ3) is 7.39. The average molecular weight is 432 g/mol.